The third kappa shape index (κ3) is 4.44. The standard InChI is InChI=1S/C20H24FN3O3S/c1-20(2,3)23-19(25)22-16-9-6-14-5-4-12-24(18(14)13-16)28(26,27)17-10-7-15(21)8-11-17/h6-11,13H,4-5,12H2,1-3H3,(H2,22,23,25). The maximum Gasteiger partial charge on any atom is 0.319 e. The van der Waals surface area contributed by atoms with E-state index in [1.807, 2.05) is 26.8 Å². The van der Waals surface area contributed by atoms with Gasteiger partial charge in [0.15, 0.2) is 0 Å². The summed E-state index contributed by atoms with van der Waals surface area (Å²) in [5, 5.41) is 5.55. The van der Waals surface area contributed by atoms with E-state index in [9.17, 15) is 17.6 Å². The smallest absolute Gasteiger partial charge is 0.319 e. The number of hydrogen-bond donors (Lipinski definition) is 2. The van der Waals surface area contributed by atoms with Crippen molar-refractivity contribution >= 4 is 27.4 Å². The Kier molecular flexibility index (Phi) is 5.34. The SMILES string of the molecule is CC(C)(C)NC(=O)Nc1ccc2c(c1)N(S(=O)(=O)c1ccc(F)cc1)CCC2. The molecule has 0 atom stereocenters. The molecule has 1 heterocycles. The Balaban J connectivity index is 1.92. The van der Waals surface area contributed by atoms with Crippen LogP contribution in [0.2, 0.25) is 0 Å². The lowest BCUT2D eigenvalue weighted by molar-refractivity contribution is 0.244. The minimum Gasteiger partial charge on any atom is -0.333 e. The monoisotopic (exact) mass is 405 g/mol. The van der Waals surface area contributed by atoms with E-state index in [4.69, 9.17) is 0 Å². The average molecular weight is 405 g/mol. The first-order valence-electron chi connectivity index (χ1n) is 9.07. The molecule has 0 bridgehead atoms. The molecule has 0 aromatic heterocycles. The molecule has 2 aromatic rings. The molecule has 0 radical (unpaired) electrons. The van der Waals surface area contributed by atoms with E-state index in [1.165, 1.54) is 16.4 Å². The molecule has 1 aliphatic rings. The first kappa shape index (κ1) is 20.1. The molecular weight excluding hydrogens is 381 g/mol. The molecule has 2 amide bonds. The number of benzene rings is 2. The highest BCUT2D eigenvalue weighted by Gasteiger charge is 2.29. The second kappa shape index (κ2) is 7.43. The molecule has 0 spiro atoms. The molecule has 6 nitrogen and oxygen atoms in total. The zero-order valence-electron chi connectivity index (χ0n) is 16.1. The van der Waals surface area contributed by atoms with Crippen LogP contribution in [0.4, 0.5) is 20.6 Å². The number of hydrogen-bond acceptors (Lipinski definition) is 3. The minimum atomic E-state index is -3.83. The van der Waals surface area contributed by atoms with Crippen molar-refractivity contribution in [2.75, 3.05) is 16.2 Å². The summed E-state index contributed by atoms with van der Waals surface area (Å²) < 4.78 is 40.7. The summed E-state index contributed by atoms with van der Waals surface area (Å²) in [5.74, 6) is -0.491. The van der Waals surface area contributed by atoms with Crippen LogP contribution in [-0.2, 0) is 16.4 Å². The normalized spacial score (nSPS) is 14.4. The fourth-order valence-corrected chi connectivity index (χ4v) is 4.64. The Morgan fingerprint density at radius 2 is 1.79 bits per heavy atom. The van der Waals surface area contributed by atoms with Gasteiger partial charge in [0, 0.05) is 17.8 Å². The molecule has 8 heteroatoms. The molecule has 2 aromatic carbocycles. The molecule has 150 valence electrons. The first-order valence-corrected chi connectivity index (χ1v) is 10.5. The predicted octanol–water partition coefficient (Wildman–Crippen LogP) is 3.89. The van der Waals surface area contributed by atoms with Gasteiger partial charge >= 0.3 is 6.03 Å². The van der Waals surface area contributed by atoms with E-state index >= 15 is 0 Å². The summed E-state index contributed by atoms with van der Waals surface area (Å²) in [7, 11) is -3.83. The molecule has 2 N–H and O–H groups in total. The quantitative estimate of drug-likeness (QED) is 0.813. The first-order chi connectivity index (χ1) is 13.1. The van der Waals surface area contributed by atoms with Crippen LogP contribution < -0.4 is 14.9 Å². The lowest BCUT2D eigenvalue weighted by atomic mass is 10.0. The van der Waals surface area contributed by atoms with Gasteiger partial charge in [-0.25, -0.2) is 17.6 Å². The number of carbonyl (C=O) groups is 1. The fourth-order valence-electron chi connectivity index (χ4n) is 3.11. The number of nitrogens with zero attached hydrogens (tertiary/aromatic N) is 1. The number of rotatable bonds is 3. The zero-order valence-corrected chi connectivity index (χ0v) is 16.9. The number of nitrogens with one attached hydrogen (secondary N) is 2. The van der Waals surface area contributed by atoms with Crippen molar-refractivity contribution in [1.82, 2.24) is 5.32 Å². The van der Waals surface area contributed by atoms with Crippen LogP contribution in [0.5, 0.6) is 0 Å². The Bertz CT molecular complexity index is 983. The van der Waals surface area contributed by atoms with Crippen LogP contribution in [0.3, 0.4) is 0 Å². The molecule has 0 unspecified atom stereocenters. The van der Waals surface area contributed by atoms with Crippen LogP contribution in [0.25, 0.3) is 0 Å². The van der Waals surface area contributed by atoms with E-state index < -0.39 is 21.4 Å². The van der Waals surface area contributed by atoms with Crippen LogP contribution in [0.15, 0.2) is 47.4 Å². The Morgan fingerprint density at radius 3 is 2.43 bits per heavy atom. The average Bonchev–Trinajstić information content (AvgIpc) is 2.59. The van der Waals surface area contributed by atoms with E-state index in [2.05, 4.69) is 10.6 Å². The van der Waals surface area contributed by atoms with Crippen LogP contribution in [0, 0.1) is 5.82 Å². The lowest BCUT2D eigenvalue weighted by Gasteiger charge is -2.31. The predicted molar refractivity (Wildman–Crippen MR) is 108 cm³/mol. The highest BCUT2D eigenvalue weighted by atomic mass is 32.2. The van der Waals surface area contributed by atoms with Crippen molar-refractivity contribution in [1.29, 1.82) is 0 Å². The molecule has 3 rings (SSSR count). The number of halogens is 1. The molecule has 28 heavy (non-hydrogen) atoms. The van der Waals surface area contributed by atoms with E-state index in [-0.39, 0.29) is 10.9 Å². The summed E-state index contributed by atoms with van der Waals surface area (Å²) in [6, 6.07) is 9.67. The maximum absolute atomic E-state index is 13.2. The fraction of sp³-hybridized carbons (Fsp3) is 0.350. The topological polar surface area (TPSA) is 78.5 Å². The molecule has 0 saturated heterocycles. The zero-order chi connectivity index (χ0) is 20.5. The van der Waals surface area contributed by atoms with E-state index in [0.29, 0.717) is 24.3 Å². The van der Waals surface area contributed by atoms with Crippen molar-refractivity contribution in [3.63, 3.8) is 0 Å². The summed E-state index contributed by atoms with van der Waals surface area (Å²) >= 11 is 0. The molecule has 1 aliphatic heterocycles. The molecule has 0 aliphatic carbocycles. The highest BCUT2D eigenvalue weighted by Crippen LogP contribution is 2.34. The summed E-state index contributed by atoms with van der Waals surface area (Å²) in [5.41, 5.74) is 1.53. The Labute approximate surface area is 164 Å². The second-order valence-corrected chi connectivity index (χ2v) is 9.67. The van der Waals surface area contributed by atoms with Crippen molar-refractivity contribution in [2.24, 2.45) is 0 Å². The molecule has 0 fully saturated rings. The number of aryl methyl sites for hydroxylation is 1. The van der Waals surface area contributed by atoms with Crippen LogP contribution >= 0.6 is 0 Å². The molecule has 0 saturated carbocycles. The van der Waals surface area contributed by atoms with Gasteiger partial charge in [0.25, 0.3) is 10.0 Å². The van der Waals surface area contributed by atoms with Gasteiger partial charge in [-0.05, 0) is 75.6 Å². The van der Waals surface area contributed by atoms with Gasteiger partial charge in [-0.1, -0.05) is 6.07 Å². The number of fused-ring (bicyclic) bond motifs is 1. The van der Waals surface area contributed by atoms with Crippen molar-refractivity contribution in [3.05, 3.63) is 53.8 Å². The van der Waals surface area contributed by atoms with E-state index in [0.717, 1.165) is 24.1 Å². The van der Waals surface area contributed by atoms with Crippen molar-refractivity contribution in [2.45, 2.75) is 44.0 Å². The third-order valence-corrected chi connectivity index (χ3v) is 6.14. The Hall–Kier alpha value is -2.61. The maximum atomic E-state index is 13.2. The largest absolute Gasteiger partial charge is 0.333 e. The van der Waals surface area contributed by atoms with Gasteiger partial charge in [-0.15, -0.1) is 0 Å². The number of carbonyl (C=O) groups excluding carboxylic acids is 1. The van der Waals surface area contributed by atoms with Gasteiger partial charge in [0.1, 0.15) is 5.82 Å². The summed E-state index contributed by atoms with van der Waals surface area (Å²) in [4.78, 5) is 12.2. The minimum absolute atomic E-state index is 0.0330. The number of anilines is 2. The van der Waals surface area contributed by atoms with Gasteiger partial charge < -0.3 is 10.6 Å². The van der Waals surface area contributed by atoms with Crippen molar-refractivity contribution in [3.8, 4) is 0 Å². The highest BCUT2D eigenvalue weighted by molar-refractivity contribution is 7.92. The summed E-state index contributed by atoms with van der Waals surface area (Å²) in [6.07, 6.45) is 1.43. The number of sulfonamides is 1. The second-order valence-electron chi connectivity index (χ2n) is 7.81. The summed E-state index contributed by atoms with van der Waals surface area (Å²) in [6.45, 7) is 5.94. The van der Waals surface area contributed by atoms with Crippen LogP contribution in [0.1, 0.15) is 32.8 Å². The van der Waals surface area contributed by atoms with Gasteiger partial charge in [-0.2, -0.15) is 0 Å². The van der Waals surface area contributed by atoms with Gasteiger partial charge in [0.2, 0.25) is 0 Å². The Morgan fingerprint density at radius 1 is 1.11 bits per heavy atom. The van der Waals surface area contributed by atoms with Crippen molar-refractivity contribution < 1.29 is 17.6 Å². The van der Waals surface area contributed by atoms with Gasteiger partial charge in [-0.3, -0.25) is 4.31 Å². The van der Waals surface area contributed by atoms with E-state index in [1.54, 1.807) is 12.1 Å². The molecular formula is C20H24FN3O3S. The number of urea groups is 1. The lowest BCUT2D eigenvalue weighted by Crippen LogP contribution is -2.43. The number of amides is 2. The van der Waals surface area contributed by atoms with Crippen LogP contribution in [-0.4, -0.2) is 26.5 Å². The third-order valence-electron chi connectivity index (χ3n) is 4.31. The van der Waals surface area contributed by atoms with Gasteiger partial charge in [0.05, 0.1) is 10.6 Å².